The van der Waals surface area contributed by atoms with E-state index in [1.807, 2.05) is 0 Å². The molecule has 0 fully saturated rings. The van der Waals surface area contributed by atoms with Gasteiger partial charge >= 0.3 is 0 Å². The van der Waals surface area contributed by atoms with E-state index in [1.54, 1.807) is 52.0 Å². The smallest absolute Gasteiger partial charge is 0.241 e. The van der Waals surface area contributed by atoms with Gasteiger partial charge in [0.05, 0.1) is 16.0 Å². The average molecular weight is 350 g/mol. The maximum absolute atomic E-state index is 12.3. The highest BCUT2D eigenvalue weighted by atomic mass is 79.9. The lowest BCUT2D eigenvalue weighted by molar-refractivity contribution is 0.00639. The molecule has 6 heteroatoms. The first-order chi connectivity index (χ1) is 8.49. The molecule has 4 nitrogen and oxygen atoms in total. The molecule has 1 rings (SSSR count). The molecule has 0 aliphatic rings. The van der Waals surface area contributed by atoms with Crippen LogP contribution in [0.5, 0.6) is 0 Å². The number of halogens is 1. The first kappa shape index (κ1) is 16.6. The number of hydrogen-bond donors (Lipinski definition) is 2. The Kier molecular flexibility index (Phi) is 4.83. The number of benzene rings is 1. The Morgan fingerprint density at radius 3 is 2.00 bits per heavy atom. The SMILES string of the molecule is CC(C)(O)C(C)(C)NS(=O)(=O)c1ccc(CBr)cc1. The summed E-state index contributed by atoms with van der Waals surface area (Å²) >= 11 is 3.31. The number of nitrogens with one attached hydrogen (secondary N) is 1. The Bertz CT molecular complexity index is 530. The predicted molar refractivity (Wildman–Crippen MR) is 79.8 cm³/mol. The molecule has 0 amide bonds. The normalized spacial score (nSPS) is 13.6. The van der Waals surface area contributed by atoms with E-state index in [4.69, 9.17) is 0 Å². The molecular weight excluding hydrogens is 330 g/mol. The van der Waals surface area contributed by atoms with Crippen LogP contribution in [-0.4, -0.2) is 24.7 Å². The summed E-state index contributed by atoms with van der Waals surface area (Å²) in [7, 11) is -3.65. The zero-order valence-electron chi connectivity index (χ0n) is 11.6. The fourth-order valence-corrected chi connectivity index (χ4v) is 3.19. The van der Waals surface area contributed by atoms with Crippen molar-refractivity contribution in [3.05, 3.63) is 29.8 Å². The van der Waals surface area contributed by atoms with Crippen molar-refractivity contribution in [3.63, 3.8) is 0 Å². The highest BCUT2D eigenvalue weighted by Crippen LogP contribution is 2.23. The van der Waals surface area contributed by atoms with Gasteiger partial charge in [-0.3, -0.25) is 0 Å². The van der Waals surface area contributed by atoms with Gasteiger partial charge in [-0.05, 0) is 45.4 Å². The third-order valence-corrected chi connectivity index (χ3v) is 5.63. The molecule has 1 aromatic rings. The summed E-state index contributed by atoms with van der Waals surface area (Å²) in [6.45, 7) is 6.45. The second-order valence-corrected chi connectivity index (χ2v) is 7.81. The lowest BCUT2D eigenvalue weighted by Gasteiger charge is -2.37. The van der Waals surface area contributed by atoms with Crippen LogP contribution in [0, 0.1) is 0 Å². The first-order valence-electron chi connectivity index (χ1n) is 5.91. The monoisotopic (exact) mass is 349 g/mol. The molecule has 0 aliphatic heterocycles. The molecule has 0 aromatic heterocycles. The van der Waals surface area contributed by atoms with Crippen LogP contribution < -0.4 is 4.72 Å². The first-order valence-corrected chi connectivity index (χ1v) is 8.51. The quantitative estimate of drug-likeness (QED) is 0.802. The number of rotatable bonds is 5. The van der Waals surface area contributed by atoms with E-state index in [-0.39, 0.29) is 4.90 Å². The van der Waals surface area contributed by atoms with Gasteiger partial charge in [-0.15, -0.1) is 0 Å². The third kappa shape index (κ3) is 4.02. The fourth-order valence-electron chi connectivity index (χ4n) is 1.28. The van der Waals surface area contributed by atoms with E-state index < -0.39 is 21.2 Å². The summed E-state index contributed by atoms with van der Waals surface area (Å²) in [6.07, 6.45) is 0. The van der Waals surface area contributed by atoms with Crippen LogP contribution in [0.4, 0.5) is 0 Å². The van der Waals surface area contributed by atoms with Crippen LogP contribution in [-0.2, 0) is 15.4 Å². The maximum atomic E-state index is 12.3. The van der Waals surface area contributed by atoms with Crippen LogP contribution in [0.1, 0.15) is 33.3 Å². The zero-order valence-corrected chi connectivity index (χ0v) is 14.0. The van der Waals surface area contributed by atoms with Gasteiger partial charge in [0, 0.05) is 5.33 Å². The van der Waals surface area contributed by atoms with E-state index in [9.17, 15) is 13.5 Å². The van der Waals surface area contributed by atoms with Gasteiger partial charge in [-0.25, -0.2) is 13.1 Å². The largest absolute Gasteiger partial charge is 0.389 e. The van der Waals surface area contributed by atoms with Crippen LogP contribution >= 0.6 is 15.9 Å². The Hall–Kier alpha value is -0.430. The summed E-state index contributed by atoms with van der Waals surface area (Å²) in [5.41, 5.74) is -1.14. The minimum Gasteiger partial charge on any atom is -0.389 e. The van der Waals surface area contributed by atoms with Crippen molar-refractivity contribution in [1.82, 2.24) is 4.72 Å². The molecule has 0 radical (unpaired) electrons. The molecule has 0 atom stereocenters. The van der Waals surface area contributed by atoms with Crippen molar-refractivity contribution in [3.8, 4) is 0 Å². The molecule has 0 bridgehead atoms. The Morgan fingerprint density at radius 1 is 1.16 bits per heavy atom. The number of alkyl halides is 1. The van der Waals surface area contributed by atoms with Crippen LogP contribution in [0.15, 0.2) is 29.2 Å². The summed E-state index contributed by atoms with van der Waals surface area (Å²) < 4.78 is 27.1. The maximum Gasteiger partial charge on any atom is 0.241 e. The Morgan fingerprint density at radius 2 is 1.63 bits per heavy atom. The van der Waals surface area contributed by atoms with Crippen molar-refractivity contribution < 1.29 is 13.5 Å². The average Bonchev–Trinajstić information content (AvgIpc) is 2.26. The number of hydrogen-bond acceptors (Lipinski definition) is 3. The minimum atomic E-state index is -3.65. The molecule has 0 saturated heterocycles. The summed E-state index contributed by atoms with van der Waals surface area (Å²) in [6, 6.07) is 6.61. The number of aliphatic hydroxyl groups is 1. The van der Waals surface area contributed by atoms with Crippen LogP contribution in [0.3, 0.4) is 0 Å². The molecule has 0 spiro atoms. The Labute approximate surface area is 123 Å². The van der Waals surface area contributed by atoms with Gasteiger partial charge < -0.3 is 5.11 Å². The Balaban J connectivity index is 3.05. The van der Waals surface area contributed by atoms with Gasteiger partial charge in [-0.2, -0.15) is 0 Å². The highest BCUT2D eigenvalue weighted by Gasteiger charge is 2.38. The second kappa shape index (κ2) is 5.52. The molecular formula is C13H20BrNO3S. The molecule has 0 saturated carbocycles. The van der Waals surface area contributed by atoms with Gasteiger partial charge in [0.15, 0.2) is 0 Å². The molecule has 1 aromatic carbocycles. The molecule has 0 aliphatic carbocycles. The van der Waals surface area contributed by atoms with E-state index in [0.717, 1.165) is 5.56 Å². The minimum absolute atomic E-state index is 0.189. The summed E-state index contributed by atoms with van der Waals surface area (Å²) in [4.78, 5) is 0.189. The third-order valence-electron chi connectivity index (χ3n) is 3.31. The van der Waals surface area contributed by atoms with E-state index in [2.05, 4.69) is 20.7 Å². The van der Waals surface area contributed by atoms with E-state index in [0.29, 0.717) is 5.33 Å². The lowest BCUT2D eigenvalue weighted by Crippen LogP contribution is -2.57. The van der Waals surface area contributed by atoms with E-state index in [1.165, 1.54) is 0 Å². The van der Waals surface area contributed by atoms with Crippen molar-refractivity contribution in [2.75, 3.05) is 0 Å². The van der Waals surface area contributed by atoms with Gasteiger partial charge in [0.1, 0.15) is 0 Å². The van der Waals surface area contributed by atoms with Crippen molar-refractivity contribution in [2.24, 2.45) is 0 Å². The van der Waals surface area contributed by atoms with Crippen molar-refractivity contribution in [2.45, 2.75) is 49.1 Å². The van der Waals surface area contributed by atoms with Gasteiger partial charge in [0.25, 0.3) is 0 Å². The van der Waals surface area contributed by atoms with Crippen LogP contribution in [0.25, 0.3) is 0 Å². The zero-order chi connectivity index (χ0) is 14.9. The topological polar surface area (TPSA) is 66.4 Å². The molecule has 108 valence electrons. The van der Waals surface area contributed by atoms with Gasteiger partial charge in [0.2, 0.25) is 10.0 Å². The van der Waals surface area contributed by atoms with Gasteiger partial charge in [-0.1, -0.05) is 28.1 Å². The summed E-state index contributed by atoms with van der Waals surface area (Å²) in [5.74, 6) is 0. The second-order valence-electron chi connectivity index (χ2n) is 5.57. The number of sulfonamides is 1. The summed E-state index contributed by atoms with van der Waals surface area (Å²) in [5, 5.41) is 10.7. The van der Waals surface area contributed by atoms with Crippen molar-refractivity contribution >= 4 is 26.0 Å². The molecule has 0 heterocycles. The highest BCUT2D eigenvalue weighted by molar-refractivity contribution is 9.08. The van der Waals surface area contributed by atoms with E-state index >= 15 is 0 Å². The van der Waals surface area contributed by atoms with Crippen LogP contribution in [0.2, 0.25) is 0 Å². The lowest BCUT2D eigenvalue weighted by atomic mass is 9.87. The molecule has 19 heavy (non-hydrogen) atoms. The molecule has 0 unspecified atom stereocenters. The predicted octanol–water partition coefficient (Wildman–Crippen LogP) is 2.41. The standard InChI is InChI=1S/C13H20BrNO3S/c1-12(2,13(3,4)16)15-19(17,18)11-7-5-10(9-14)6-8-11/h5-8,15-16H,9H2,1-4H3. The fraction of sp³-hybridized carbons (Fsp3) is 0.538. The van der Waals surface area contributed by atoms with Crippen molar-refractivity contribution in [1.29, 1.82) is 0 Å². The molecule has 2 N–H and O–H groups in total.